The van der Waals surface area contributed by atoms with Gasteiger partial charge in [0.1, 0.15) is 0 Å². The largest absolute Gasteiger partial charge is 0.330 e. The monoisotopic (exact) mass is 240 g/mol. The second-order valence-corrected chi connectivity index (χ2v) is 4.57. The maximum absolute atomic E-state index is 5.91. The van der Waals surface area contributed by atoms with E-state index < -0.39 is 0 Å². The highest BCUT2D eigenvalue weighted by Gasteiger charge is 2.10. The predicted octanol–water partition coefficient (Wildman–Crippen LogP) is 2.43. The van der Waals surface area contributed by atoms with Gasteiger partial charge in [-0.1, -0.05) is 54.6 Å². The van der Waals surface area contributed by atoms with E-state index in [9.17, 15) is 0 Å². The van der Waals surface area contributed by atoms with Gasteiger partial charge in [-0.15, -0.1) is 0 Å². The molecule has 0 heterocycles. The minimum atomic E-state index is 0.360. The maximum atomic E-state index is 5.91. The molecule has 0 aromatic heterocycles. The molecule has 4 N–H and O–H groups in total. The van der Waals surface area contributed by atoms with Gasteiger partial charge in [-0.05, 0) is 29.7 Å². The molecule has 0 aliphatic carbocycles. The molecule has 0 bridgehead atoms. The van der Waals surface area contributed by atoms with Crippen LogP contribution in [-0.4, -0.2) is 6.54 Å². The quantitative estimate of drug-likeness (QED) is 0.843. The molecule has 0 spiro atoms. The van der Waals surface area contributed by atoms with Crippen molar-refractivity contribution in [2.24, 2.45) is 11.5 Å². The van der Waals surface area contributed by atoms with Crippen LogP contribution in [0, 0.1) is 0 Å². The van der Waals surface area contributed by atoms with Crippen LogP contribution in [0.1, 0.15) is 22.6 Å². The van der Waals surface area contributed by atoms with Crippen molar-refractivity contribution in [3.05, 3.63) is 71.3 Å². The van der Waals surface area contributed by atoms with E-state index in [4.69, 9.17) is 11.5 Å². The second kappa shape index (κ2) is 6.34. The van der Waals surface area contributed by atoms with Crippen LogP contribution in [0.4, 0.5) is 0 Å². The van der Waals surface area contributed by atoms with Gasteiger partial charge in [-0.25, -0.2) is 0 Å². The zero-order valence-corrected chi connectivity index (χ0v) is 10.5. The van der Waals surface area contributed by atoms with Crippen LogP contribution >= 0.6 is 0 Å². The molecule has 0 aliphatic heterocycles. The summed E-state index contributed by atoms with van der Waals surface area (Å²) in [6.45, 7) is 1.24. The fraction of sp³-hybridized carbons (Fsp3) is 0.250. The Morgan fingerprint density at radius 3 is 2.22 bits per heavy atom. The molecule has 0 amide bonds. The zero-order chi connectivity index (χ0) is 12.8. The van der Waals surface area contributed by atoms with Gasteiger partial charge >= 0.3 is 0 Å². The van der Waals surface area contributed by atoms with Crippen molar-refractivity contribution < 1.29 is 0 Å². The summed E-state index contributed by atoms with van der Waals surface area (Å²) in [4.78, 5) is 0. The van der Waals surface area contributed by atoms with Crippen LogP contribution in [0.25, 0.3) is 0 Å². The third-order valence-corrected chi connectivity index (χ3v) is 3.27. The van der Waals surface area contributed by atoms with Gasteiger partial charge in [0.25, 0.3) is 0 Å². The minimum Gasteiger partial charge on any atom is -0.330 e. The lowest BCUT2D eigenvalue weighted by Crippen LogP contribution is -2.15. The number of hydrogen-bond acceptors (Lipinski definition) is 2. The van der Waals surface area contributed by atoms with Crippen molar-refractivity contribution in [1.82, 2.24) is 0 Å². The Hall–Kier alpha value is -1.64. The minimum absolute atomic E-state index is 0.360. The Morgan fingerprint density at radius 1 is 0.833 bits per heavy atom. The van der Waals surface area contributed by atoms with E-state index >= 15 is 0 Å². The molecule has 2 aromatic rings. The van der Waals surface area contributed by atoms with Crippen molar-refractivity contribution in [1.29, 1.82) is 0 Å². The van der Waals surface area contributed by atoms with E-state index in [2.05, 4.69) is 48.5 Å². The first-order valence-corrected chi connectivity index (χ1v) is 6.36. The summed E-state index contributed by atoms with van der Waals surface area (Å²) in [6, 6.07) is 18.9. The zero-order valence-electron chi connectivity index (χ0n) is 10.5. The standard InChI is InChI=1S/C16H20N2/c17-11-14-7-4-8-15(10-14)16(12-18)9-13-5-2-1-3-6-13/h1-8,10,16H,9,11-12,17-18H2. The van der Waals surface area contributed by atoms with Crippen LogP contribution in [0.5, 0.6) is 0 Å². The highest BCUT2D eigenvalue weighted by atomic mass is 14.5. The third-order valence-electron chi connectivity index (χ3n) is 3.27. The molecule has 2 rings (SSSR count). The average Bonchev–Trinajstić information content (AvgIpc) is 2.46. The summed E-state index contributed by atoms with van der Waals surface area (Å²) in [5.41, 5.74) is 15.4. The first-order valence-electron chi connectivity index (χ1n) is 6.36. The molecule has 0 saturated heterocycles. The topological polar surface area (TPSA) is 52.0 Å². The molecule has 2 heteroatoms. The van der Waals surface area contributed by atoms with Crippen LogP contribution in [-0.2, 0) is 13.0 Å². The summed E-state index contributed by atoms with van der Waals surface area (Å²) in [5.74, 6) is 0.360. The summed E-state index contributed by atoms with van der Waals surface area (Å²) >= 11 is 0. The molecule has 0 aliphatic rings. The number of nitrogens with two attached hydrogens (primary N) is 2. The number of benzene rings is 2. The van der Waals surface area contributed by atoms with Crippen molar-refractivity contribution in [3.8, 4) is 0 Å². The molecule has 1 unspecified atom stereocenters. The van der Waals surface area contributed by atoms with Gasteiger partial charge in [0.05, 0.1) is 0 Å². The summed E-state index contributed by atoms with van der Waals surface area (Å²) in [7, 11) is 0. The molecule has 0 radical (unpaired) electrons. The van der Waals surface area contributed by atoms with Gasteiger partial charge < -0.3 is 11.5 Å². The molecule has 0 fully saturated rings. The van der Waals surface area contributed by atoms with Crippen molar-refractivity contribution in [2.75, 3.05) is 6.54 Å². The van der Waals surface area contributed by atoms with Gasteiger partial charge in [0.15, 0.2) is 0 Å². The van der Waals surface area contributed by atoms with E-state index in [0.29, 0.717) is 19.0 Å². The van der Waals surface area contributed by atoms with Crippen LogP contribution < -0.4 is 11.5 Å². The van der Waals surface area contributed by atoms with Crippen LogP contribution in [0.15, 0.2) is 54.6 Å². The molecule has 94 valence electrons. The Kier molecular flexibility index (Phi) is 4.51. The Bertz CT molecular complexity index is 479. The highest BCUT2D eigenvalue weighted by molar-refractivity contribution is 5.29. The van der Waals surface area contributed by atoms with Gasteiger partial charge in [-0.3, -0.25) is 0 Å². The van der Waals surface area contributed by atoms with Gasteiger partial charge in [0.2, 0.25) is 0 Å². The fourth-order valence-corrected chi connectivity index (χ4v) is 2.21. The third kappa shape index (κ3) is 3.19. The predicted molar refractivity (Wildman–Crippen MR) is 76.3 cm³/mol. The van der Waals surface area contributed by atoms with Crippen molar-refractivity contribution in [2.45, 2.75) is 18.9 Å². The number of rotatable bonds is 5. The fourth-order valence-electron chi connectivity index (χ4n) is 2.21. The van der Waals surface area contributed by atoms with Crippen LogP contribution in [0.3, 0.4) is 0 Å². The molecule has 1 atom stereocenters. The lowest BCUT2D eigenvalue weighted by Gasteiger charge is -2.16. The van der Waals surface area contributed by atoms with E-state index in [1.165, 1.54) is 16.7 Å². The Morgan fingerprint density at radius 2 is 1.56 bits per heavy atom. The molecule has 2 nitrogen and oxygen atoms in total. The molecular formula is C16H20N2. The Labute approximate surface area is 109 Å². The molecular weight excluding hydrogens is 220 g/mol. The van der Waals surface area contributed by atoms with E-state index in [1.807, 2.05) is 6.07 Å². The van der Waals surface area contributed by atoms with E-state index in [-0.39, 0.29) is 0 Å². The molecule has 2 aromatic carbocycles. The summed E-state index contributed by atoms with van der Waals surface area (Å²) in [5, 5.41) is 0. The number of hydrogen-bond donors (Lipinski definition) is 2. The van der Waals surface area contributed by atoms with Gasteiger partial charge in [0, 0.05) is 12.5 Å². The first kappa shape index (κ1) is 12.8. The van der Waals surface area contributed by atoms with Crippen molar-refractivity contribution >= 4 is 0 Å². The summed E-state index contributed by atoms with van der Waals surface area (Å²) in [6.07, 6.45) is 0.978. The van der Waals surface area contributed by atoms with E-state index in [0.717, 1.165) is 6.42 Å². The Balaban J connectivity index is 2.17. The van der Waals surface area contributed by atoms with E-state index in [1.54, 1.807) is 0 Å². The highest BCUT2D eigenvalue weighted by Crippen LogP contribution is 2.20. The van der Waals surface area contributed by atoms with Gasteiger partial charge in [-0.2, -0.15) is 0 Å². The summed E-state index contributed by atoms with van der Waals surface area (Å²) < 4.78 is 0. The maximum Gasteiger partial charge on any atom is 0.0178 e. The molecule has 18 heavy (non-hydrogen) atoms. The van der Waals surface area contributed by atoms with Crippen molar-refractivity contribution in [3.63, 3.8) is 0 Å². The van der Waals surface area contributed by atoms with Crippen LogP contribution in [0.2, 0.25) is 0 Å². The average molecular weight is 240 g/mol. The first-order chi connectivity index (χ1) is 8.83. The lowest BCUT2D eigenvalue weighted by molar-refractivity contribution is 0.693. The lowest BCUT2D eigenvalue weighted by atomic mass is 9.91. The second-order valence-electron chi connectivity index (χ2n) is 4.57. The SMILES string of the molecule is NCc1cccc(C(CN)Cc2ccccc2)c1. The normalized spacial score (nSPS) is 12.3. The smallest absolute Gasteiger partial charge is 0.0178 e. The molecule has 0 saturated carbocycles.